The molecule has 0 unspecified atom stereocenters. The highest BCUT2D eigenvalue weighted by Gasteiger charge is 2.30. The fourth-order valence-corrected chi connectivity index (χ4v) is 1.70. The van der Waals surface area contributed by atoms with Crippen molar-refractivity contribution < 1.29 is 9.59 Å². The summed E-state index contributed by atoms with van der Waals surface area (Å²) in [5, 5.41) is 0. The molecule has 0 bridgehead atoms. The minimum absolute atomic E-state index is 0.174. The van der Waals surface area contributed by atoms with Crippen molar-refractivity contribution in [2.45, 2.75) is 6.92 Å². The van der Waals surface area contributed by atoms with Crippen LogP contribution in [0, 0.1) is 0 Å². The molecule has 0 aromatic heterocycles. The van der Waals surface area contributed by atoms with E-state index in [0.717, 1.165) is 0 Å². The van der Waals surface area contributed by atoms with Crippen molar-refractivity contribution in [1.29, 1.82) is 0 Å². The van der Waals surface area contributed by atoms with Crippen molar-refractivity contribution in [2.24, 2.45) is 0 Å². The molecule has 0 aromatic carbocycles. The van der Waals surface area contributed by atoms with E-state index in [4.69, 9.17) is 0 Å². The summed E-state index contributed by atoms with van der Waals surface area (Å²) in [4.78, 5) is 24.2. The molecule has 1 aliphatic carbocycles. The topological polar surface area (TPSA) is 34.1 Å². The van der Waals surface area contributed by atoms with Gasteiger partial charge in [0.15, 0.2) is 11.6 Å². The molecule has 0 saturated heterocycles. The molecule has 17 heavy (non-hydrogen) atoms. The van der Waals surface area contributed by atoms with Crippen LogP contribution in [-0.2, 0) is 9.59 Å². The lowest BCUT2D eigenvalue weighted by Gasteiger charge is -2.18. The zero-order valence-corrected chi connectivity index (χ0v) is 9.82. The lowest BCUT2D eigenvalue weighted by atomic mass is 9.82. The first-order valence-electron chi connectivity index (χ1n) is 5.17. The molecule has 0 atom stereocenters. The number of hydrogen-bond donors (Lipinski definition) is 0. The van der Waals surface area contributed by atoms with Crippen LogP contribution in [0.3, 0.4) is 0 Å². The summed E-state index contributed by atoms with van der Waals surface area (Å²) in [6.45, 7) is 12.3. The maximum absolute atomic E-state index is 12.1. The Morgan fingerprint density at radius 2 is 1.35 bits per heavy atom. The van der Waals surface area contributed by atoms with Crippen LogP contribution in [0.1, 0.15) is 6.92 Å². The predicted molar refractivity (Wildman–Crippen MR) is 69.5 cm³/mol. The number of ketones is 2. The van der Waals surface area contributed by atoms with Gasteiger partial charge in [-0.3, -0.25) is 9.59 Å². The normalized spacial score (nSPS) is 21.0. The van der Waals surface area contributed by atoms with Crippen LogP contribution in [0.4, 0.5) is 0 Å². The van der Waals surface area contributed by atoms with Gasteiger partial charge in [-0.15, -0.1) is 0 Å². The summed E-state index contributed by atoms with van der Waals surface area (Å²) in [5.74, 6) is -0.377. The molecule has 0 heterocycles. The molecule has 0 aromatic rings. The average molecular weight is 226 g/mol. The smallest absolute Gasteiger partial charge is 0.194 e. The molecule has 0 saturated carbocycles. The van der Waals surface area contributed by atoms with E-state index in [0.29, 0.717) is 22.3 Å². The Morgan fingerprint density at radius 3 is 1.76 bits per heavy atom. The van der Waals surface area contributed by atoms with Crippen LogP contribution in [0.2, 0.25) is 0 Å². The molecule has 86 valence electrons. The van der Waals surface area contributed by atoms with Gasteiger partial charge in [0.05, 0.1) is 0 Å². The lowest BCUT2D eigenvalue weighted by Crippen LogP contribution is -2.22. The SMILES string of the molecule is C=C/C=C1/C(=O)C(C)=C(C=C)C(=O)/C1=C/C=C. The zero-order chi connectivity index (χ0) is 13.0. The van der Waals surface area contributed by atoms with Gasteiger partial charge >= 0.3 is 0 Å². The average Bonchev–Trinajstić information content (AvgIpc) is 2.31. The Kier molecular flexibility index (Phi) is 3.94. The van der Waals surface area contributed by atoms with Crippen LogP contribution in [0.25, 0.3) is 0 Å². The molecular weight excluding hydrogens is 212 g/mol. The van der Waals surface area contributed by atoms with Crippen molar-refractivity contribution >= 4 is 11.6 Å². The number of Topliss-reactive ketones (excluding diaryl/α,β-unsaturated/α-hetero) is 2. The monoisotopic (exact) mass is 226 g/mol. The maximum Gasteiger partial charge on any atom is 0.194 e. The molecule has 0 fully saturated rings. The van der Waals surface area contributed by atoms with E-state index >= 15 is 0 Å². The first kappa shape index (κ1) is 12.8. The van der Waals surface area contributed by atoms with Crippen LogP contribution in [0.15, 0.2) is 72.4 Å². The van der Waals surface area contributed by atoms with Crippen LogP contribution in [0.5, 0.6) is 0 Å². The summed E-state index contributed by atoms with van der Waals surface area (Å²) in [6, 6.07) is 0. The fraction of sp³-hybridized carbons (Fsp3) is 0.0667. The van der Waals surface area contributed by atoms with Gasteiger partial charge in [-0.25, -0.2) is 0 Å². The first-order valence-corrected chi connectivity index (χ1v) is 5.17. The van der Waals surface area contributed by atoms with Gasteiger partial charge in [-0.2, -0.15) is 0 Å². The van der Waals surface area contributed by atoms with Crippen molar-refractivity contribution in [3.8, 4) is 0 Å². The summed E-state index contributed by atoms with van der Waals surface area (Å²) < 4.78 is 0. The number of carbonyl (C=O) groups is 2. The van der Waals surface area contributed by atoms with E-state index in [1.165, 1.54) is 24.3 Å². The predicted octanol–water partition coefficient (Wildman–Crippen LogP) is 2.87. The molecule has 1 aliphatic rings. The maximum atomic E-state index is 12.1. The van der Waals surface area contributed by atoms with E-state index in [9.17, 15) is 9.59 Å². The van der Waals surface area contributed by atoms with E-state index in [2.05, 4.69) is 19.7 Å². The molecule has 1 rings (SSSR count). The van der Waals surface area contributed by atoms with Gasteiger partial charge in [0.2, 0.25) is 0 Å². The quantitative estimate of drug-likeness (QED) is 0.693. The minimum atomic E-state index is -0.204. The van der Waals surface area contributed by atoms with Crippen molar-refractivity contribution in [3.63, 3.8) is 0 Å². The molecule has 0 spiro atoms. The largest absolute Gasteiger partial charge is 0.289 e. The molecular formula is C15H14O2. The van der Waals surface area contributed by atoms with E-state index in [-0.39, 0.29) is 11.6 Å². The molecule has 0 aliphatic heterocycles. The summed E-state index contributed by atoms with van der Waals surface area (Å²) in [6.07, 6.45) is 7.46. The molecule has 0 radical (unpaired) electrons. The first-order chi connectivity index (χ1) is 8.08. The Balaban J connectivity index is 3.57. The fourth-order valence-electron chi connectivity index (χ4n) is 1.70. The lowest BCUT2D eigenvalue weighted by molar-refractivity contribution is -0.116. The number of allylic oxidation sites excluding steroid dienone is 9. The number of rotatable bonds is 3. The van der Waals surface area contributed by atoms with E-state index in [1.807, 2.05) is 0 Å². The second-order valence-corrected chi connectivity index (χ2v) is 3.53. The summed E-state index contributed by atoms with van der Waals surface area (Å²) in [5.41, 5.74) is 1.46. The van der Waals surface area contributed by atoms with Crippen LogP contribution < -0.4 is 0 Å². The second-order valence-electron chi connectivity index (χ2n) is 3.53. The zero-order valence-electron chi connectivity index (χ0n) is 9.82. The molecule has 0 amide bonds. The summed E-state index contributed by atoms with van der Waals surface area (Å²) in [7, 11) is 0. The number of carbonyl (C=O) groups excluding carboxylic acids is 2. The summed E-state index contributed by atoms with van der Waals surface area (Å²) >= 11 is 0. The van der Waals surface area contributed by atoms with Gasteiger partial charge < -0.3 is 0 Å². The molecule has 2 heteroatoms. The Labute approximate surface area is 101 Å². The van der Waals surface area contributed by atoms with Crippen molar-refractivity contribution in [1.82, 2.24) is 0 Å². The van der Waals surface area contributed by atoms with E-state index < -0.39 is 0 Å². The van der Waals surface area contributed by atoms with E-state index in [1.54, 1.807) is 13.0 Å². The van der Waals surface area contributed by atoms with Gasteiger partial charge in [0.1, 0.15) is 0 Å². The molecule has 0 N–H and O–H groups in total. The van der Waals surface area contributed by atoms with Gasteiger partial charge in [0, 0.05) is 22.3 Å². The van der Waals surface area contributed by atoms with Crippen molar-refractivity contribution in [2.75, 3.05) is 0 Å². The molecule has 2 nitrogen and oxygen atoms in total. The Morgan fingerprint density at radius 1 is 0.882 bits per heavy atom. The number of hydrogen-bond acceptors (Lipinski definition) is 2. The second kappa shape index (κ2) is 5.21. The van der Waals surface area contributed by atoms with Gasteiger partial charge in [-0.05, 0) is 6.92 Å². The minimum Gasteiger partial charge on any atom is -0.289 e. The highest BCUT2D eigenvalue weighted by atomic mass is 16.1. The van der Waals surface area contributed by atoms with Gasteiger partial charge in [-0.1, -0.05) is 50.1 Å². The van der Waals surface area contributed by atoms with Crippen molar-refractivity contribution in [3.05, 3.63) is 72.4 Å². The third-order valence-electron chi connectivity index (χ3n) is 2.54. The Bertz CT molecular complexity index is 511. The van der Waals surface area contributed by atoms with Gasteiger partial charge in [0.25, 0.3) is 0 Å². The highest BCUT2D eigenvalue weighted by Crippen LogP contribution is 2.28. The third-order valence-corrected chi connectivity index (χ3v) is 2.54. The third kappa shape index (κ3) is 2.16. The highest BCUT2D eigenvalue weighted by molar-refractivity contribution is 6.30. The standard InChI is InChI=1S/C15H14O2/c1-5-8-12-13(9-6-2)15(17)11(7-3)10(4)14(12)16/h5-9H,1-3H2,4H3/b12-8+,13-9+. The van der Waals surface area contributed by atoms with Crippen LogP contribution >= 0.6 is 0 Å². The Hall–Kier alpha value is -2.22. The van der Waals surface area contributed by atoms with Crippen LogP contribution in [-0.4, -0.2) is 11.6 Å².